The van der Waals surface area contributed by atoms with Crippen molar-refractivity contribution >= 4 is 15.9 Å². The van der Waals surface area contributed by atoms with Crippen molar-refractivity contribution in [1.29, 1.82) is 0 Å². The summed E-state index contributed by atoms with van der Waals surface area (Å²) < 4.78 is 17.1. The molecule has 0 fully saturated rings. The zero-order valence-corrected chi connectivity index (χ0v) is 14.4. The van der Waals surface area contributed by atoms with Crippen molar-refractivity contribution in [3.05, 3.63) is 16.6 Å². The van der Waals surface area contributed by atoms with Gasteiger partial charge in [-0.25, -0.2) is 0 Å². The van der Waals surface area contributed by atoms with Crippen molar-refractivity contribution in [1.82, 2.24) is 5.32 Å². The van der Waals surface area contributed by atoms with Gasteiger partial charge < -0.3 is 24.6 Å². The summed E-state index contributed by atoms with van der Waals surface area (Å²) in [5.41, 5.74) is -0.0558. The fourth-order valence-electron chi connectivity index (χ4n) is 2.11. The van der Waals surface area contributed by atoms with Crippen LogP contribution in [-0.2, 0) is 0 Å². The van der Waals surface area contributed by atoms with Crippen molar-refractivity contribution in [3.8, 4) is 17.2 Å². The molecule has 1 aromatic carbocycles. The quantitative estimate of drug-likeness (QED) is 0.846. The van der Waals surface area contributed by atoms with E-state index in [0.29, 0.717) is 17.2 Å². The van der Waals surface area contributed by atoms with Crippen LogP contribution in [0.4, 0.5) is 0 Å². The normalized spacial score (nSPS) is 16.7. The van der Waals surface area contributed by atoms with Crippen LogP contribution in [0.2, 0.25) is 0 Å². The lowest BCUT2D eigenvalue weighted by atomic mass is 10.1. The van der Waals surface area contributed by atoms with E-state index in [1.54, 1.807) is 12.1 Å². The molecule has 21 heavy (non-hydrogen) atoms. The highest BCUT2D eigenvalue weighted by Crippen LogP contribution is 2.40. The number of aliphatic hydroxyl groups is 1. The Morgan fingerprint density at radius 1 is 1.33 bits per heavy atom. The van der Waals surface area contributed by atoms with Gasteiger partial charge in [-0.1, -0.05) is 0 Å². The zero-order chi connectivity index (χ0) is 15.6. The number of hydrogen-bond acceptors (Lipinski definition) is 5. The van der Waals surface area contributed by atoms with Crippen LogP contribution in [0, 0.1) is 0 Å². The Hall–Kier alpha value is -0.980. The van der Waals surface area contributed by atoms with Gasteiger partial charge in [0, 0.05) is 23.7 Å². The molecule has 2 rings (SSSR count). The molecule has 6 heteroatoms. The molecule has 0 bridgehead atoms. The average molecular weight is 360 g/mol. The second kappa shape index (κ2) is 6.42. The summed E-state index contributed by atoms with van der Waals surface area (Å²) in [4.78, 5) is 0. The zero-order valence-electron chi connectivity index (χ0n) is 12.8. The summed E-state index contributed by atoms with van der Waals surface area (Å²) >= 11 is 3.43. The molecule has 118 valence electrons. The van der Waals surface area contributed by atoms with E-state index in [1.807, 2.05) is 6.92 Å². The van der Waals surface area contributed by atoms with E-state index in [4.69, 9.17) is 14.2 Å². The number of hydrogen-bond donors (Lipinski definition) is 2. The molecular formula is C15H22BrNO4. The third kappa shape index (κ3) is 4.49. The number of aliphatic hydroxyl groups excluding tert-OH is 1. The molecule has 5 nitrogen and oxygen atoms in total. The van der Waals surface area contributed by atoms with Gasteiger partial charge in [-0.3, -0.25) is 0 Å². The van der Waals surface area contributed by atoms with Crippen LogP contribution in [0.1, 0.15) is 27.7 Å². The van der Waals surface area contributed by atoms with Crippen molar-refractivity contribution < 1.29 is 19.3 Å². The van der Waals surface area contributed by atoms with Gasteiger partial charge in [-0.15, -0.1) is 0 Å². The van der Waals surface area contributed by atoms with Crippen LogP contribution < -0.4 is 19.5 Å². The first kappa shape index (κ1) is 16.4. The first-order chi connectivity index (χ1) is 9.76. The lowest BCUT2D eigenvalue weighted by Crippen LogP contribution is -2.49. The molecular weight excluding hydrogens is 338 g/mol. The standard InChI is InChI=1S/C15H22BrNO4/c1-9(17-15(2,3)4)11(18)7-19-12-6-14-13(5-10(12)16)20-8-21-14/h5-6,9,11,17-18H,7-8H2,1-4H3. The smallest absolute Gasteiger partial charge is 0.231 e. The molecule has 0 radical (unpaired) electrons. The molecule has 1 aliphatic heterocycles. The van der Waals surface area contributed by atoms with Gasteiger partial charge >= 0.3 is 0 Å². The Morgan fingerprint density at radius 2 is 1.95 bits per heavy atom. The van der Waals surface area contributed by atoms with E-state index >= 15 is 0 Å². The predicted molar refractivity (Wildman–Crippen MR) is 84.1 cm³/mol. The molecule has 0 aliphatic carbocycles. The van der Waals surface area contributed by atoms with Crippen LogP contribution in [0.3, 0.4) is 0 Å². The van der Waals surface area contributed by atoms with Crippen molar-refractivity contribution in [2.45, 2.75) is 45.4 Å². The Kier molecular flexibility index (Phi) is 5.01. The highest BCUT2D eigenvalue weighted by molar-refractivity contribution is 9.10. The second-order valence-electron chi connectivity index (χ2n) is 6.20. The lowest BCUT2D eigenvalue weighted by Gasteiger charge is -2.29. The van der Waals surface area contributed by atoms with Crippen LogP contribution in [0.15, 0.2) is 16.6 Å². The molecule has 0 aromatic heterocycles. The Bertz CT molecular complexity index is 501. The van der Waals surface area contributed by atoms with Crippen molar-refractivity contribution in [3.63, 3.8) is 0 Å². The molecule has 1 aromatic rings. The predicted octanol–water partition coefficient (Wildman–Crippen LogP) is 2.69. The Balaban J connectivity index is 1.94. The third-order valence-corrected chi connectivity index (χ3v) is 3.69. The fourth-order valence-corrected chi connectivity index (χ4v) is 2.54. The summed E-state index contributed by atoms with van der Waals surface area (Å²) in [5, 5.41) is 13.5. The molecule has 0 saturated heterocycles. The summed E-state index contributed by atoms with van der Waals surface area (Å²) in [7, 11) is 0. The van der Waals surface area contributed by atoms with Gasteiger partial charge in [-0.05, 0) is 43.6 Å². The van der Waals surface area contributed by atoms with E-state index < -0.39 is 6.10 Å². The molecule has 2 unspecified atom stereocenters. The van der Waals surface area contributed by atoms with Gasteiger partial charge in [0.25, 0.3) is 0 Å². The number of benzene rings is 1. The van der Waals surface area contributed by atoms with Gasteiger partial charge in [0.15, 0.2) is 11.5 Å². The monoisotopic (exact) mass is 359 g/mol. The maximum Gasteiger partial charge on any atom is 0.231 e. The average Bonchev–Trinajstić information content (AvgIpc) is 2.80. The SMILES string of the molecule is CC(NC(C)(C)C)C(O)COc1cc2c(cc1Br)OCO2. The summed E-state index contributed by atoms with van der Waals surface area (Å²) in [6.45, 7) is 8.54. The second-order valence-corrected chi connectivity index (χ2v) is 7.05. The Morgan fingerprint density at radius 3 is 2.57 bits per heavy atom. The first-order valence-electron chi connectivity index (χ1n) is 6.94. The maximum absolute atomic E-state index is 10.2. The molecule has 1 aliphatic rings. The topological polar surface area (TPSA) is 60.0 Å². The maximum atomic E-state index is 10.2. The number of fused-ring (bicyclic) bond motifs is 1. The number of ether oxygens (including phenoxy) is 3. The first-order valence-corrected chi connectivity index (χ1v) is 7.73. The number of nitrogens with one attached hydrogen (secondary N) is 1. The highest BCUT2D eigenvalue weighted by Gasteiger charge is 2.22. The molecule has 2 N–H and O–H groups in total. The summed E-state index contributed by atoms with van der Waals surface area (Å²) in [6.07, 6.45) is -0.610. The van der Waals surface area contributed by atoms with Crippen molar-refractivity contribution in [2.75, 3.05) is 13.4 Å². The van der Waals surface area contributed by atoms with Crippen LogP contribution in [0.5, 0.6) is 17.2 Å². The summed E-state index contributed by atoms with van der Waals surface area (Å²) in [6, 6.07) is 3.50. The van der Waals surface area contributed by atoms with E-state index in [9.17, 15) is 5.11 Å². The molecule has 1 heterocycles. The molecule has 0 amide bonds. The van der Waals surface area contributed by atoms with E-state index in [-0.39, 0.29) is 25.0 Å². The fraction of sp³-hybridized carbons (Fsp3) is 0.600. The van der Waals surface area contributed by atoms with Gasteiger partial charge in [-0.2, -0.15) is 0 Å². The lowest BCUT2D eigenvalue weighted by molar-refractivity contribution is 0.0695. The molecule has 2 atom stereocenters. The van der Waals surface area contributed by atoms with E-state index in [2.05, 4.69) is 42.0 Å². The largest absolute Gasteiger partial charge is 0.489 e. The van der Waals surface area contributed by atoms with Crippen LogP contribution in [0.25, 0.3) is 0 Å². The van der Waals surface area contributed by atoms with E-state index in [0.717, 1.165) is 4.47 Å². The Labute approximate surface area is 133 Å². The van der Waals surface area contributed by atoms with Crippen molar-refractivity contribution in [2.24, 2.45) is 0 Å². The number of rotatable bonds is 5. The van der Waals surface area contributed by atoms with Crippen LogP contribution in [-0.4, -0.2) is 36.2 Å². The van der Waals surface area contributed by atoms with Gasteiger partial charge in [0.2, 0.25) is 6.79 Å². The minimum absolute atomic E-state index is 0.0558. The number of halogens is 1. The van der Waals surface area contributed by atoms with Crippen LogP contribution >= 0.6 is 15.9 Å². The van der Waals surface area contributed by atoms with E-state index in [1.165, 1.54) is 0 Å². The minimum atomic E-state index is -0.610. The van der Waals surface area contributed by atoms with Gasteiger partial charge in [0.1, 0.15) is 18.5 Å². The molecule has 0 spiro atoms. The van der Waals surface area contributed by atoms with Gasteiger partial charge in [0.05, 0.1) is 4.47 Å². The third-order valence-electron chi connectivity index (χ3n) is 3.07. The minimum Gasteiger partial charge on any atom is -0.489 e. The highest BCUT2D eigenvalue weighted by atomic mass is 79.9. The summed E-state index contributed by atoms with van der Waals surface area (Å²) in [5.74, 6) is 1.97. The molecule has 0 saturated carbocycles.